The minimum atomic E-state index is -0.400. The van der Waals surface area contributed by atoms with Crippen LogP contribution in [0.3, 0.4) is 0 Å². The molecule has 0 bridgehead atoms. The molecular formula is C15H23BrClOSi. The van der Waals surface area contributed by atoms with Crippen molar-refractivity contribution >= 4 is 36.3 Å². The maximum atomic E-state index is 6.30. The minimum Gasteiger partial charge on any atom is -0.371 e. The second-order valence-corrected chi connectivity index (χ2v) is 11.0. The van der Waals surface area contributed by atoms with Gasteiger partial charge in [-0.3, -0.25) is 0 Å². The number of ether oxygens (including phenoxy) is 1. The van der Waals surface area contributed by atoms with Crippen molar-refractivity contribution in [3.05, 3.63) is 33.3 Å². The van der Waals surface area contributed by atoms with Crippen LogP contribution in [0.15, 0.2) is 22.7 Å². The lowest BCUT2D eigenvalue weighted by molar-refractivity contribution is -0.0324. The Morgan fingerprint density at radius 2 is 1.79 bits per heavy atom. The fourth-order valence-electron chi connectivity index (χ4n) is 1.54. The molecular weight excluding hydrogens is 340 g/mol. The van der Waals surface area contributed by atoms with Gasteiger partial charge in [-0.1, -0.05) is 54.5 Å². The molecule has 107 valence electrons. The van der Waals surface area contributed by atoms with Crippen LogP contribution in [0.1, 0.15) is 33.3 Å². The molecule has 0 amide bonds. The molecule has 0 aliphatic carbocycles. The van der Waals surface area contributed by atoms with Gasteiger partial charge < -0.3 is 4.74 Å². The van der Waals surface area contributed by atoms with Crippen LogP contribution in [-0.4, -0.2) is 15.4 Å². The normalized spacial score (nSPS) is 13.1. The van der Waals surface area contributed by atoms with Crippen molar-refractivity contribution in [2.45, 2.75) is 51.4 Å². The highest BCUT2D eigenvalue weighted by Gasteiger charge is 2.30. The average molecular weight is 363 g/mol. The van der Waals surface area contributed by atoms with Crippen molar-refractivity contribution < 1.29 is 4.74 Å². The smallest absolute Gasteiger partial charge is 0.0890 e. The van der Waals surface area contributed by atoms with Gasteiger partial charge in [-0.25, -0.2) is 0 Å². The molecule has 0 aliphatic rings. The predicted octanol–water partition coefficient (Wildman–Crippen LogP) is 5.89. The van der Waals surface area contributed by atoms with E-state index in [1.165, 1.54) is 0 Å². The molecule has 0 saturated heterocycles. The summed E-state index contributed by atoms with van der Waals surface area (Å²) in [6.45, 7) is 14.1. The van der Waals surface area contributed by atoms with Crippen LogP contribution in [0.5, 0.6) is 0 Å². The molecule has 0 aliphatic heterocycles. The molecule has 0 aromatic heterocycles. The van der Waals surface area contributed by atoms with E-state index in [0.717, 1.165) is 21.7 Å². The Bertz CT molecular complexity index is 444. The van der Waals surface area contributed by atoms with Crippen LogP contribution >= 0.6 is 27.5 Å². The van der Waals surface area contributed by atoms with Gasteiger partial charge in [0.25, 0.3) is 0 Å². The summed E-state index contributed by atoms with van der Waals surface area (Å²) in [6, 6.07) is 5.90. The summed E-state index contributed by atoms with van der Waals surface area (Å²) >= 11 is 9.79. The summed E-state index contributed by atoms with van der Waals surface area (Å²) in [6.07, 6.45) is 0. The van der Waals surface area contributed by atoms with Gasteiger partial charge in [0, 0.05) is 15.1 Å². The Morgan fingerprint density at radius 1 is 1.21 bits per heavy atom. The molecule has 1 rings (SSSR count). The van der Waals surface area contributed by atoms with Gasteiger partial charge in [-0.2, -0.15) is 0 Å². The van der Waals surface area contributed by atoms with E-state index in [0.29, 0.717) is 0 Å². The van der Waals surface area contributed by atoms with E-state index < -0.39 is 8.80 Å². The molecule has 0 heterocycles. The van der Waals surface area contributed by atoms with Gasteiger partial charge in [0.15, 0.2) is 0 Å². The number of halogens is 2. The Hall–Kier alpha value is 0.167. The molecule has 0 unspecified atom stereocenters. The third-order valence-corrected chi connectivity index (χ3v) is 7.40. The van der Waals surface area contributed by atoms with Crippen LogP contribution in [0.2, 0.25) is 23.2 Å². The van der Waals surface area contributed by atoms with Crippen molar-refractivity contribution in [3.63, 3.8) is 0 Å². The highest BCUT2D eigenvalue weighted by molar-refractivity contribution is 9.10. The molecule has 1 radical (unpaired) electrons. The Morgan fingerprint density at radius 3 is 2.32 bits per heavy atom. The summed E-state index contributed by atoms with van der Waals surface area (Å²) in [5, 5.41) is 1.00. The number of hydrogen-bond donors (Lipinski definition) is 0. The molecule has 0 fully saturated rings. The van der Waals surface area contributed by atoms with Gasteiger partial charge in [0.05, 0.1) is 21.0 Å². The summed E-state index contributed by atoms with van der Waals surface area (Å²) in [4.78, 5) is 0. The zero-order valence-electron chi connectivity index (χ0n) is 12.6. The van der Waals surface area contributed by atoms with Gasteiger partial charge >= 0.3 is 0 Å². The van der Waals surface area contributed by atoms with Gasteiger partial charge in [-0.05, 0) is 37.1 Å². The molecule has 0 saturated carbocycles. The van der Waals surface area contributed by atoms with Crippen LogP contribution < -0.4 is 0 Å². The first kappa shape index (κ1) is 17.2. The number of benzene rings is 1. The van der Waals surface area contributed by atoms with Gasteiger partial charge in [0.2, 0.25) is 0 Å². The first-order valence-corrected chi connectivity index (χ1v) is 10.1. The van der Waals surface area contributed by atoms with E-state index in [9.17, 15) is 0 Å². The second kappa shape index (κ2) is 6.29. The summed E-state index contributed by atoms with van der Waals surface area (Å²) < 4.78 is 7.22. The van der Waals surface area contributed by atoms with Crippen molar-refractivity contribution in [3.8, 4) is 0 Å². The van der Waals surface area contributed by atoms with Crippen molar-refractivity contribution in [2.24, 2.45) is 0 Å². The second-order valence-electron chi connectivity index (χ2n) is 6.31. The maximum Gasteiger partial charge on any atom is 0.0890 e. The third kappa shape index (κ3) is 4.59. The summed E-state index contributed by atoms with van der Waals surface area (Å²) in [5.41, 5.74) is 0.649. The average Bonchev–Trinajstić information content (AvgIpc) is 2.30. The fraction of sp³-hybridized carbons (Fsp3) is 0.600. The lowest BCUT2D eigenvalue weighted by Crippen LogP contribution is -2.32. The highest BCUT2D eigenvalue weighted by atomic mass is 79.9. The van der Waals surface area contributed by atoms with E-state index in [1.54, 1.807) is 0 Å². The van der Waals surface area contributed by atoms with Gasteiger partial charge in [0.1, 0.15) is 0 Å². The molecule has 0 N–H and O–H groups in total. The van der Waals surface area contributed by atoms with Crippen LogP contribution in [0.25, 0.3) is 0 Å². The fourth-order valence-corrected chi connectivity index (χ4v) is 2.61. The minimum absolute atomic E-state index is 0.250. The maximum absolute atomic E-state index is 6.30. The third-order valence-electron chi connectivity index (χ3n) is 3.72. The Labute approximate surface area is 132 Å². The van der Waals surface area contributed by atoms with E-state index in [-0.39, 0.29) is 10.6 Å². The van der Waals surface area contributed by atoms with Crippen molar-refractivity contribution in [2.75, 3.05) is 6.61 Å². The van der Waals surface area contributed by atoms with Crippen LogP contribution in [0, 0.1) is 0 Å². The lowest BCUT2D eigenvalue weighted by Gasteiger charge is -2.34. The number of hydrogen-bond acceptors (Lipinski definition) is 1. The standard InChI is InChI=1S/C15H23BrClOSi/c1-14(2,19(5)6)10-18-15(3,4)12-9-11(16)7-8-13(12)17/h7-9H,10H2,1-6H3. The zero-order valence-corrected chi connectivity index (χ0v) is 15.9. The largest absolute Gasteiger partial charge is 0.371 e. The monoisotopic (exact) mass is 361 g/mol. The van der Waals surface area contributed by atoms with Crippen LogP contribution in [-0.2, 0) is 10.3 Å². The topological polar surface area (TPSA) is 9.23 Å². The molecule has 1 aromatic carbocycles. The molecule has 1 nitrogen and oxygen atoms in total. The van der Waals surface area contributed by atoms with E-state index >= 15 is 0 Å². The molecule has 4 heteroatoms. The van der Waals surface area contributed by atoms with Crippen molar-refractivity contribution in [1.29, 1.82) is 0 Å². The lowest BCUT2D eigenvalue weighted by atomic mass is 9.98. The molecule has 0 spiro atoms. The predicted molar refractivity (Wildman–Crippen MR) is 89.7 cm³/mol. The van der Waals surface area contributed by atoms with E-state index in [4.69, 9.17) is 16.3 Å². The zero-order chi connectivity index (χ0) is 14.8. The quantitative estimate of drug-likeness (QED) is 0.593. The van der Waals surface area contributed by atoms with Gasteiger partial charge in [-0.15, -0.1) is 0 Å². The Balaban J connectivity index is 2.89. The molecule has 19 heavy (non-hydrogen) atoms. The highest BCUT2D eigenvalue weighted by Crippen LogP contribution is 2.37. The summed E-state index contributed by atoms with van der Waals surface area (Å²) in [5.74, 6) is 0. The summed E-state index contributed by atoms with van der Waals surface area (Å²) in [7, 11) is -0.400. The van der Waals surface area contributed by atoms with Crippen molar-refractivity contribution in [1.82, 2.24) is 0 Å². The van der Waals surface area contributed by atoms with E-state index in [2.05, 4.69) is 56.7 Å². The Kier molecular flexibility index (Phi) is 5.70. The number of rotatable bonds is 5. The molecule has 0 atom stereocenters. The van der Waals surface area contributed by atoms with Crippen LogP contribution in [0.4, 0.5) is 0 Å². The molecule has 1 aromatic rings. The SMILES string of the molecule is C[Si](C)C(C)(C)COC(C)(C)c1cc(Br)ccc1Cl. The first-order chi connectivity index (χ1) is 8.56. The van der Waals surface area contributed by atoms with E-state index in [1.807, 2.05) is 18.2 Å². The first-order valence-electron chi connectivity index (χ1n) is 6.46.